The van der Waals surface area contributed by atoms with Gasteiger partial charge in [-0.15, -0.1) is 0 Å². The first-order valence-corrected chi connectivity index (χ1v) is 6.66. The number of aromatic nitrogens is 1. The van der Waals surface area contributed by atoms with Crippen molar-refractivity contribution in [3.63, 3.8) is 0 Å². The highest BCUT2D eigenvalue weighted by Crippen LogP contribution is 2.36. The average Bonchev–Trinajstić information content (AvgIpc) is 2.75. The molecule has 2 aromatic rings. The van der Waals surface area contributed by atoms with Gasteiger partial charge in [-0.3, -0.25) is 4.79 Å². The Kier molecular flexibility index (Phi) is 2.71. The minimum Gasteiger partial charge on any atom is -0.463 e. The molecule has 3 rings (SSSR count). The van der Waals surface area contributed by atoms with Crippen molar-refractivity contribution in [3.05, 3.63) is 35.5 Å². The second-order valence-electron chi connectivity index (χ2n) is 6.15. The highest BCUT2D eigenvalue weighted by molar-refractivity contribution is 6.43. The van der Waals surface area contributed by atoms with Gasteiger partial charge < -0.3 is 9.30 Å². The summed E-state index contributed by atoms with van der Waals surface area (Å²) in [6, 6.07) is 5.92. The van der Waals surface area contributed by atoms with E-state index in [-0.39, 0.29) is 5.41 Å². The number of methoxy groups -OCH3 is 1. The van der Waals surface area contributed by atoms with Gasteiger partial charge in [0.1, 0.15) is 0 Å². The molecule has 2 heterocycles. The molecular weight excluding hydrogens is 254 g/mol. The lowest BCUT2D eigenvalue weighted by Crippen LogP contribution is -2.26. The van der Waals surface area contributed by atoms with Gasteiger partial charge in [-0.1, -0.05) is 32.0 Å². The van der Waals surface area contributed by atoms with Gasteiger partial charge in [-0.05, 0) is 17.4 Å². The number of para-hydroxylation sites is 1. The molecule has 20 heavy (non-hydrogen) atoms. The van der Waals surface area contributed by atoms with Crippen molar-refractivity contribution in [1.29, 1.82) is 0 Å². The Morgan fingerprint density at radius 3 is 2.75 bits per heavy atom. The summed E-state index contributed by atoms with van der Waals surface area (Å²) >= 11 is 0. The fraction of sp³-hybridized carbons (Fsp3) is 0.375. The molecular formula is C16H17NO3. The van der Waals surface area contributed by atoms with Gasteiger partial charge in [0, 0.05) is 18.1 Å². The number of carbonyl (C=O) groups is 2. The highest BCUT2D eigenvalue weighted by atomic mass is 16.5. The molecule has 0 atom stereocenters. The lowest BCUT2D eigenvalue weighted by atomic mass is 9.82. The minimum absolute atomic E-state index is 0.145. The molecule has 0 spiro atoms. The van der Waals surface area contributed by atoms with Crippen molar-refractivity contribution in [2.75, 3.05) is 7.11 Å². The number of hydrogen-bond acceptors (Lipinski definition) is 3. The number of carbonyl (C=O) groups excluding carboxylic acids is 2. The van der Waals surface area contributed by atoms with Crippen LogP contribution in [0, 0.1) is 5.41 Å². The molecule has 1 aromatic carbocycles. The van der Waals surface area contributed by atoms with E-state index in [1.165, 1.54) is 12.7 Å². The molecule has 0 saturated carbocycles. The van der Waals surface area contributed by atoms with E-state index >= 15 is 0 Å². The summed E-state index contributed by atoms with van der Waals surface area (Å²) in [5, 5.41) is 0.841. The molecule has 1 aliphatic rings. The Balaban J connectivity index is 2.22. The number of rotatable bonds is 2. The Morgan fingerprint density at radius 2 is 2.05 bits per heavy atom. The van der Waals surface area contributed by atoms with Crippen LogP contribution in [0.15, 0.2) is 24.4 Å². The third kappa shape index (κ3) is 1.83. The average molecular weight is 271 g/mol. The number of esters is 1. The normalized spacial score (nSPS) is 16.1. The zero-order chi connectivity index (χ0) is 14.5. The first-order chi connectivity index (χ1) is 9.43. The van der Waals surface area contributed by atoms with Crippen molar-refractivity contribution in [2.45, 2.75) is 26.8 Å². The van der Waals surface area contributed by atoms with Crippen LogP contribution >= 0.6 is 0 Å². The fourth-order valence-electron chi connectivity index (χ4n) is 3.12. The summed E-state index contributed by atoms with van der Waals surface area (Å²) < 4.78 is 6.63. The predicted molar refractivity (Wildman–Crippen MR) is 75.8 cm³/mol. The molecule has 0 radical (unpaired) electrons. The third-order valence-corrected chi connectivity index (χ3v) is 3.86. The van der Waals surface area contributed by atoms with Crippen molar-refractivity contribution in [3.8, 4) is 0 Å². The van der Waals surface area contributed by atoms with Gasteiger partial charge in [0.2, 0.25) is 0 Å². The zero-order valence-electron chi connectivity index (χ0n) is 11.9. The quantitative estimate of drug-likeness (QED) is 0.479. The molecule has 0 aliphatic carbocycles. The second-order valence-corrected chi connectivity index (χ2v) is 6.15. The first kappa shape index (κ1) is 12.9. The van der Waals surface area contributed by atoms with Gasteiger partial charge in [-0.2, -0.15) is 0 Å². The van der Waals surface area contributed by atoms with Crippen LogP contribution in [-0.2, 0) is 22.5 Å². The number of benzene rings is 1. The van der Waals surface area contributed by atoms with E-state index < -0.39 is 11.8 Å². The van der Waals surface area contributed by atoms with Gasteiger partial charge in [0.15, 0.2) is 0 Å². The van der Waals surface area contributed by atoms with E-state index in [0.717, 1.165) is 23.9 Å². The molecule has 4 heteroatoms. The lowest BCUT2D eigenvalue weighted by Gasteiger charge is -2.31. The summed E-state index contributed by atoms with van der Waals surface area (Å²) in [7, 11) is 1.23. The zero-order valence-corrected chi connectivity index (χ0v) is 11.9. The maximum absolute atomic E-state index is 12.1. The summed E-state index contributed by atoms with van der Waals surface area (Å²) in [6.07, 6.45) is 2.76. The monoisotopic (exact) mass is 271 g/mol. The predicted octanol–water partition coefficient (Wildman–Crippen LogP) is 2.58. The maximum atomic E-state index is 12.1. The molecule has 0 unspecified atom stereocenters. The molecule has 4 nitrogen and oxygen atoms in total. The van der Waals surface area contributed by atoms with Gasteiger partial charge >= 0.3 is 5.97 Å². The van der Waals surface area contributed by atoms with Crippen LogP contribution < -0.4 is 0 Å². The van der Waals surface area contributed by atoms with E-state index in [1.54, 1.807) is 6.20 Å². The molecule has 104 valence electrons. The van der Waals surface area contributed by atoms with Crippen LogP contribution in [0.1, 0.15) is 29.8 Å². The van der Waals surface area contributed by atoms with Gasteiger partial charge in [-0.25, -0.2) is 4.79 Å². The molecule has 0 bridgehead atoms. The Labute approximate surface area is 117 Å². The number of hydrogen-bond donors (Lipinski definition) is 0. The van der Waals surface area contributed by atoms with Crippen LogP contribution in [0.3, 0.4) is 0 Å². The third-order valence-electron chi connectivity index (χ3n) is 3.86. The largest absolute Gasteiger partial charge is 0.463 e. The Hall–Kier alpha value is -2.10. The second kappa shape index (κ2) is 4.20. The topological polar surface area (TPSA) is 48.3 Å². The summed E-state index contributed by atoms with van der Waals surface area (Å²) in [6.45, 7) is 5.25. The minimum atomic E-state index is -0.812. The van der Waals surface area contributed by atoms with Gasteiger partial charge in [0.25, 0.3) is 5.78 Å². The van der Waals surface area contributed by atoms with E-state index in [4.69, 9.17) is 0 Å². The summed E-state index contributed by atoms with van der Waals surface area (Å²) in [5.74, 6) is -1.39. The molecule has 0 N–H and O–H groups in total. The molecule has 1 aliphatic heterocycles. The van der Waals surface area contributed by atoms with E-state index in [0.29, 0.717) is 5.56 Å². The van der Waals surface area contributed by atoms with E-state index in [9.17, 15) is 9.59 Å². The Morgan fingerprint density at radius 1 is 1.30 bits per heavy atom. The highest BCUT2D eigenvalue weighted by Gasteiger charge is 2.30. The van der Waals surface area contributed by atoms with E-state index in [1.807, 2.05) is 12.1 Å². The molecule has 1 aromatic heterocycles. The number of ether oxygens (including phenoxy) is 1. The first-order valence-electron chi connectivity index (χ1n) is 6.66. The number of ketones is 1. The fourth-order valence-corrected chi connectivity index (χ4v) is 3.12. The SMILES string of the molecule is COC(=O)C(=O)c1cn2c3c(cccc13)CC(C)(C)C2. The van der Waals surface area contributed by atoms with Crippen molar-refractivity contribution in [1.82, 2.24) is 4.57 Å². The smallest absolute Gasteiger partial charge is 0.379 e. The number of Topliss-reactive ketones (excluding diaryl/α,β-unsaturated/α-hetero) is 1. The number of nitrogens with zero attached hydrogens (tertiary/aromatic N) is 1. The lowest BCUT2D eigenvalue weighted by molar-refractivity contribution is -0.135. The van der Waals surface area contributed by atoms with Crippen LogP contribution in [-0.4, -0.2) is 23.4 Å². The van der Waals surface area contributed by atoms with Crippen LogP contribution in [0.25, 0.3) is 10.9 Å². The Bertz CT molecular complexity index is 725. The van der Waals surface area contributed by atoms with Crippen molar-refractivity contribution >= 4 is 22.7 Å². The van der Waals surface area contributed by atoms with Crippen LogP contribution in [0.2, 0.25) is 0 Å². The van der Waals surface area contributed by atoms with Crippen LogP contribution in [0.4, 0.5) is 0 Å². The van der Waals surface area contributed by atoms with Gasteiger partial charge in [0.05, 0.1) is 18.2 Å². The molecule has 0 saturated heterocycles. The van der Waals surface area contributed by atoms with Crippen molar-refractivity contribution < 1.29 is 14.3 Å². The summed E-state index contributed by atoms with van der Waals surface area (Å²) in [4.78, 5) is 23.6. The maximum Gasteiger partial charge on any atom is 0.379 e. The van der Waals surface area contributed by atoms with Crippen LogP contribution in [0.5, 0.6) is 0 Å². The van der Waals surface area contributed by atoms with Crippen molar-refractivity contribution in [2.24, 2.45) is 5.41 Å². The molecule has 0 fully saturated rings. The molecule has 0 amide bonds. The summed E-state index contributed by atoms with van der Waals surface area (Å²) in [5.41, 5.74) is 2.87. The van der Waals surface area contributed by atoms with E-state index in [2.05, 4.69) is 29.2 Å². The standard InChI is InChI=1S/C16H17NO3/c1-16(2)7-10-5-4-6-11-12(14(18)15(19)20-3)8-17(9-16)13(10)11/h4-6,8H,7,9H2,1-3H3.